The number of hydrogen-bond acceptors (Lipinski definition) is 2. The zero-order chi connectivity index (χ0) is 11.3. The number of amides is 1. The van der Waals surface area contributed by atoms with Crippen molar-refractivity contribution in [3.63, 3.8) is 0 Å². The molecule has 1 rings (SSSR count). The Morgan fingerprint density at radius 2 is 2.27 bits per heavy atom. The van der Waals surface area contributed by atoms with Crippen LogP contribution in [-0.2, 0) is 4.79 Å². The Morgan fingerprint density at radius 1 is 1.53 bits per heavy atom. The van der Waals surface area contributed by atoms with E-state index in [4.69, 9.17) is 0 Å². The molecule has 0 aliphatic carbocycles. The minimum Gasteiger partial charge on any atom is -0.342 e. The van der Waals surface area contributed by atoms with Crippen molar-refractivity contribution in [2.24, 2.45) is 11.8 Å². The van der Waals surface area contributed by atoms with E-state index in [2.05, 4.69) is 26.1 Å². The fourth-order valence-corrected chi connectivity index (χ4v) is 2.14. The quantitative estimate of drug-likeness (QED) is 0.766. The largest absolute Gasteiger partial charge is 0.342 e. The molecule has 1 aliphatic rings. The lowest BCUT2D eigenvalue weighted by atomic mass is 9.97. The summed E-state index contributed by atoms with van der Waals surface area (Å²) in [6.07, 6.45) is 2.19. The van der Waals surface area contributed by atoms with Gasteiger partial charge < -0.3 is 10.2 Å². The van der Waals surface area contributed by atoms with Crippen molar-refractivity contribution in [1.82, 2.24) is 10.2 Å². The molecule has 1 heterocycles. The molecule has 1 fully saturated rings. The minimum absolute atomic E-state index is 0.220. The summed E-state index contributed by atoms with van der Waals surface area (Å²) in [7, 11) is 0. The molecule has 0 bridgehead atoms. The van der Waals surface area contributed by atoms with Gasteiger partial charge in [0.1, 0.15) is 0 Å². The van der Waals surface area contributed by atoms with E-state index >= 15 is 0 Å². The zero-order valence-corrected chi connectivity index (χ0v) is 10.3. The third-order valence-corrected chi connectivity index (χ3v) is 2.93. The fraction of sp³-hybridized carbons (Fsp3) is 0.917. The molecule has 88 valence electrons. The highest BCUT2D eigenvalue weighted by molar-refractivity contribution is 5.79. The van der Waals surface area contributed by atoms with E-state index in [1.54, 1.807) is 0 Å². The van der Waals surface area contributed by atoms with Crippen LogP contribution in [0, 0.1) is 11.8 Å². The van der Waals surface area contributed by atoms with Gasteiger partial charge in [0.15, 0.2) is 0 Å². The van der Waals surface area contributed by atoms with Crippen LogP contribution in [0.5, 0.6) is 0 Å². The van der Waals surface area contributed by atoms with Gasteiger partial charge in [-0.15, -0.1) is 0 Å². The Morgan fingerprint density at radius 3 is 2.73 bits per heavy atom. The van der Waals surface area contributed by atoms with E-state index in [0.29, 0.717) is 11.8 Å². The maximum atomic E-state index is 12.2. The van der Waals surface area contributed by atoms with Crippen molar-refractivity contribution in [3.05, 3.63) is 0 Å². The summed E-state index contributed by atoms with van der Waals surface area (Å²) in [4.78, 5) is 14.2. The van der Waals surface area contributed by atoms with Crippen molar-refractivity contribution in [1.29, 1.82) is 0 Å². The molecular weight excluding hydrogens is 188 g/mol. The first-order valence-corrected chi connectivity index (χ1v) is 6.14. The second kappa shape index (κ2) is 6.11. The van der Waals surface area contributed by atoms with Gasteiger partial charge in [-0.3, -0.25) is 4.79 Å². The maximum Gasteiger partial charge on any atom is 0.226 e. The Kier molecular flexibility index (Phi) is 5.09. The molecule has 0 aromatic rings. The molecule has 1 saturated heterocycles. The van der Waals surface area contributed by atoms with Crippen LogP contribution >= 0.6 is 0 Å². The Bertz CT molecular complexity index is 198. The molecule has 1 N–H and O–H groups in total. The van der Waals surface area contributed by atoms with Gasteiger partial charge >= 0.3 is 0 Å². The van der Waals surface area contributed by atoms with Gasteiger partial charge in [0.05, 0.1) is 5.92 Å². The second-order valence-corrected chi connectivity index (χ2v) is 4.81. The van der Waals surface area contributed by atoms with Gasteiger partial charge in [-0.2, -0.15) is 0 Å². The number of nitrogens with one attached hydrogen (secondary N) is 1. The molecule has 0 radical (unpaired) electrons. The summed E-state index contributed by atoms with van der Waals surface area (Å²) in [5, 5.41) is 3.30. The number of rotatable bonds is 4. The standard InChI is InChI=1S/C12H24N2O/c1-4-14(9-10(2)3)12(15)11-6-5-7-13-8-11/h10-11,13H,4-9H2,1-3H3. The Balaban J connectivity index is 2.47. The highest BCUT2D eigenvalue weighted by Crippen LogP contribution is 2.14. The SMILES string of the molecule is CCN(CC(C)C)C(=O)C1CCCNC1. The number of piperidine rings is 1. The van der Waals surface area contributed by atoms with E-state index in [-0.39, 0.29) is 5.92 Å². The number of hydrogen-bond donors (Lipinski definition) is 1. The van der Waals surface area contributed by atoms with E-state index in [1.165, 1.54) is 0 Å². The summed E-state index contributed by atoms with van der Waals surface area (Å²) in [6.45, 7) is 10.1. The van der Waals surface area contributed by atoms with Crippen molar-refractivity contribution in [2.45, 2.75) is 33.6 Å². The Labute approximate surface area is 93.2 Å². The van der Waals surface area contributed by atoms with Gasteiger partial charge in [0.2, 0.25) is 5.91 Å². The normalized spacial score (nSPS) is 21.7. The van der Waals surface area contributed by atoms with Crippen molar-refractivity contribution in [2.75, 3.05) is 26.2 Å². The van der Waals surface area contributed by atoms with Gasteiger partial charge in [0.25, 0.3) is 0 Å². The van der Waals surface area contributed by atoms with Crippen LogP contribution in [-0.4, -0.2) is 37.0 Å². The first-order valence-electron chi connectivity index (χ1n) is 6.14. The molecule has 1 unspecified atom stereocenters. The fourth-order valence-electron chi connectivity index (χ4n) is 2.14. The van der Waals surface area contributed by atoms with Gasteiger partial charge in [0, 0.05) is 19.6 Å². The smallest absolute Gasteiger partial charge is 0.226 e. The van der Waals surface area contributed by atoms with E-state index in [0.717, 1.165) is 39.0 Å². The molecule has 1 amide bonds. The molecular formula is C12H24N2O. The van der Waals surface area contributed by atoms with Crippen LogP contribution in [0.2, 0.25) is 0 Å². The van der Waals surface area contributed by atoms with Crippen molar-refractivity contribution < 1.29 is 4.79 Å². The predicted molar refractivity (Wildman–Crippen MR) is 62.7 cm³/mol. The van der Waals surface area contributed by atoms with Crippen LogP contribution in [0.3, 0.4) is 0 Å². The third-order valence-electron chi connectivity index (χ3n) is 2.93. The predicted octanol–water partition coefficient (Wildman–Crippen LogP) is 1.49. The lowest BCUT2D eigenvalue weighted by Gasteiger charge is -2.30. The molecule has 1 aliphatic heterocycles. The number of nitrogens with zero attached hydrogens (tertiary/aromatic N) is 1. The number of carbonyl (C=O) groups is 1. The highest BCUT2D eigenvalue weighted by atomic mass is 16.2. The van der Waals surface area contributed by atoms with Crippen LogP contribution in [0.25, 0.3) is 0 Å². The zero-order valence-electron chi connectivity index (χ0n) is 10.3. The highest BCUT2D eigenvalue weighted by Gasteiger charge is 2.25. The number of carbonyl (C=O) groups excluding carboxylic acids is 1. The molecule has 0 aromatic carbocycles. The molecule has 0 spiro atoms. The van der Waals surface area contributed by atoms with E-state index < -0.39 is 0 Å². The molecule has 3 heteroatoms. The maximum absolute atomic E-state index is 12.2. The second-order valence-electron chi connectivity index (χ2n) is 4.81. The summed E-state index contributed by atoms with van der Waals surface area (Å²) in [5.41, 5.74) is 0. The summed E-state index contributed by atoms with van der Waals surface area (Å²) >= 11 is 0. The van der Waals surface area contributed by atoms with Crippen LogP contribution in [0.4, 0.5) is 0 Å². The van der Waals surface area contributed by atoms with Gasteiger partial charge in [-0.05, 0) is 32.2 Å². The van der Waals surface area contributed by atoms with Crippen LogP contribution < -0.4 is 5.32 Å². The topological polar surface area (TPSA) is 32.3 Å². The minimum atomic E-state index is 0.220. The molecule has 0 saturated carbocycles. The van der Waals surface area contributed by atoms with E-state index in [9.17, 15) is 4.79 Å². The third kappa shape index (κ3) is 3.82. The lowest BCUT2D eigenvalue weighted by molar-refractivity contribution is -0.136. The van der Waals surface area contributed by atoms with E-state index in [1.807, 2.05) is 4.90 Å². The molecule has 1 atom stereocenters. The van der Waals surface area contributed by atoms with Gasteiger partial charge in [-0.25, -0.2) is 0 Å². The van der Waals surface area contributed by atoms with Gasteiger partial charge in [-0.1, -0.05) is 13.8 Å². The summed E-state index contributed by atoms with van der Waals surface area (Å²) in [5.74, 6) is 1.13. The summed E-state index contributed by atoms with van der Waals surface area (Å²) < 4.78 is 0. The monoisotopic (exact) mass is 212 g/mol. The first kappa shape index (κ1) is 12.5. The van der Waals surface area contributed by atoms with Crippen LogP contribution in [0.1, 0.15) is 33.6 Å². The molecule has 15 heavy (non-hydrogen) atoms. The first-order chi connectivity index (χ1) is 7.15. The lowest BCUT2D eigenvalue weighted by Crippen LogP contribution is -2.44. The summed E-state index contributed by atoms with van der Waals surface area (Å²) in [6, 6.07) is 0. The molecule has 3 nitrogen and oxygen atoms in total. The average Bonchev–Trinajstić information content (AvgIpc) is 2.26. The van der Waals surface area contributed by atoms with Crippen molar-refractivity contribution in [3.8, 4) is 0 Å². The average molecular weight is 212 g/mol. The van der Waals surface area contributed by atoms with Crippen molar-refractivity contribution >= 4 is 5.91 Å². The Hall–Kier alpha value is -0.570. The molecule has 0 aromatic heterocycles. The van der Waals surface area contributed by atoms with Crippen LogP contribution in [0.15, 0.2) is 0 Å².